The van der Waals surface area contributed by atoms with Crippen LogP contribution in [0.3, 0.4) is 0 Å². The zero-order chi connectivity index (χ0) is 29.3. The third-order valence-electron chi connectivity index (χ3n) is 8.29. The third kappa shape index (κ3) is 4.86. The van der Waals surface area contributed by atoms with E-state index in [9.17, 15) is 0 Å². The summed E-state index contributed by atoms with van der Waals surface area (Å²) in [5.74, 6) is 0. The zero-order valence-electron chi connectivity index (χ0n) is 24.1. The summed E-state index contributed by atoms with van der Waals surface area (Å²) in [7, 11) is 0. The van der Waals surface area contributed by atoms with Gasteiger partial charge in [-0.1, -0.05) is 140 Å². The van der Waals surface area contributed by atoms with Gasteiger partial charge in [-0.25, -0.2) is 0 Å². The lowest BCUT2D eigenvalue weighted by molar-refractivity contribution is 1.30. The van der Waals surface area contributed by atoms with Crippen molar-refractivity contribution in [2.75, 3.05) is 4.90 Å². The van der Waals surface area contributed by atoms with Gasteiger partial charge in [0.05, 0.1) is 10.4 Å². The van der Waals surface area contributed by atoms with Gasteiger partial charge in [-0.15, -0.1) is 11.3 Å². The number of fused-ring (bicyclic) bond motifs is 3. The molecule has 208 valence electrons. The van der Waals surface area contributed by atoms with Gasteiger partial charge in [0.25, 0.3) is 0 Å². The minimum Gasteiger partial charge on any atom is -0.309 e. The molecule has 0 aliphatic rings. The fraction of sp³-hybridized carbons (Fsp3) is 0. The number of thiophene rings is 1. The summed E-state index contributed by atoms with van der Waals surface area (Å²) < 4.78 is 2.58. The molecule has 8 aromatic rings. The molecule has 0 N–H and O–H groups in total. The van der Waals surface area contributed by atoms with Gasteiger partial charge in [0.15, 0.2) is 0 Å². The second-order valence-electron chi connectivity index (χ2n) is 11.0. The van der Waals surface area contributed by atoms with Crippen molar-refractivity contribution in [2.45, 2.75) is 0 Å². The van der Waals surface area contributed by atoms with Crippen molar-refractivity contribution in [3.63, 3.8) is 0 Å². The number of anilines is 3. The van der Waals surface area contributed by atoms with Gasteiger partial charge in [-0.3, -0.25) is 0 Å². The Morgan fingerprint density at radius 2 is 0.795 bits per heavy atom. The summed E-state index contributed by atoms with van der Waals surface area (Å²) in [6, 6.07) is 63.3. The monoisotopic (exact) mass is 579 g/mol. The van der Waals surface area contributed by atoms with Crippen LogP contribution in [-0.2, 0) is 0 Å². The van der Waals surface area contributed by atoms with Crippen LogP contribution >= 0.6 is 11.3 Å². The molecule has 0 radical (unpaired) electrons. The lowest BCUT2D eigenvalue weighted by atomic mass is 10.0. The van der Waals surface area contributed by atoms with Crippen LogP contribution in [0.5, 0.6) is 0 Å². The lowest BCUT2D eigenvalue weighted by Gasteiger charge is -2.26. The topological polar surface area (TPSA) is 3.24 Å². The summed E-state index contributed by atoms with van der Waals surface area (Å²) in [6.45, 7) is 0. The predicted molar refractivity (Wildman–Crippen MR) is 190 cm³/mol. The highest BCUT2D eigenvalue weighted by Gasteiger charge is 2.18. The van der Waals surface area contributed by atoms with Crippen LogP contribution in [0.15, 0.2) is 176 Å². The molecule has 0 unspecified atom stereocenters. The molecule has 0 amide bonds. The van der Waals surface area contributed by atoms with Gasteiger partial charge in [0.2, 0.25) is 0 Å². The molecule has 0 saturated carbocycles. The minimum absolute atomic E-state index is 1.13. The van der Waals surface area contributed by atoms with E-state index < -0.39 is 0 Å². The first-order chi connectivity index (χ1) is 21.8. The van der Waals surface area contributed by atoms with E-state index in [0.717, 1.165) is 11.4 Å². The second kappa shape index (κ2) is 11.3. The molecule has 0 spiro atoms. The van der Waals surface area contributed by atoms with Crippen LogP contribution < -0.4 is 4.90 Å². The minimum atomic E-state index is 1.13. The highest BCUT2D eigenvalue weighted by Crippen LogP contribution is 2.45. The average Bonchev–Trinajstić information content (AvgIpc) is 3.49. The maximum Gasteiger partial charge on any atom is 0.0640 e. The van der Waals surface area contributed by atoms with E-state index in [1.807, 2.05) is 11.3 Å². The van der Waals surface area contributed by atoms with Crippen molar-refractivity contribution in [3.05, 3.63) is 176 Å². The van der Waals surface area contributed by atoms with Gasteiger partial charge in [0, 0.05) is 26.8 Å². The smallest absolute Gasteiger partial charge is 0.0640 e. The average molecular weight is 580 g/mol. The number of nitrogens with zero attached hydrogens (tertiary/aromatic N) is 1. The quantitative estimate of drug-likeness (QED) is 0.189. The van der Waals surface area contributed by atoms with Crippen molar-refractivity contribution in [1.29, 1.82) is 0 Å². The molecule has 1 heterocycles. The molecule has 0 aliphatic carbocycles. The van der Waals surface area contributed by atoms with Crippen LogP contribution in [0.4, 0.5) is 17.1 Å². The Hall–Kier alpha value is -5.44. The number of hydrogen-bond donors (Lipinski definition) is 0. The van der Waals surface area contributed by atoms with Crippen molar-refractivity contribution < 1.29 is 0 Å². The van der Waals surface area contributed by atoms with Crippen LogP contribution in [0.2, 0.25) is 0 Å². The fourth-order valence-electron chi connectivity index (χ4n) is 6.06. The predicted octanol–water partition coefficient (Wildman–Crippen LogP) is 12.5. The summed E-state index contributed by atoms with van der Waals surface area (Å²) in [6.07, 6.45) is 0. The SMILES string of the molecule is c1ccc(-c2ccc(N(c3ccc(-c4ccccc4)cc3)c3cccc4c3sc3cc(-c5ccccc5)ccc34)cc2)cc1. The van der Waals surface area contributed by atoms with E-state index in [-0.39, 0.29) is 0 Å². The molecule has 0 aliphatic heterocycles. The molecule has 1 aromatic heterocycles. The Balaban J connectivity index is 1.28. The lowest BCUT2D eigenvalue weighted by Crippen LogP contribution is -2.10. The van der Waals surface area contributed by atoms with E-state index >= 15 is 0 Å². The Labute approximate surface area is 261 Å². The number of hydrogen-bond acceptors (Lipinski definition) is 2. The maximum absolute atomic E-state index is 2.40. The van der Waals surface area contributed by atoms with Crippen molar-refractivity contribution in [2.24, 2.45) is 0 Å². The Morgan fingerprint density at radius 1 is 0.341 bits per heavy atom. The fourth-order valence-corrected chi connectivity index (χ4v) is 7.31. The molecule has 0 fully saturated rings. The Bertz CT molecular complexity index is 2100. The highest BCUT2D eigenvalue weighted by molar-refractivity contribution is 7.26. The molecule has 1 nitrogen and oxygen atoms in total. The van der Waals surface area contributed by atoms with E-state index in [0.29, 0.717) is 0 Å². The molecule has 44 heavy (non-hydrogen) atoms. The number of benzene rings is 7. The van der Waals surface area contributed by atoms with Gasteiger partial charge in [-0.05, 0) is 69.8 Å². The van der Waals surface area contributed by atoms with E-state index in [1.165, 1.54) is 59.2 Å². The Morgan fingerprint density at radius 3 is 1.32 bits per heavy atom. The second-order valence-corrected chi connectivity index (χ2v) is 12.0. The molecule has 7 aromatic carbocycles. The Kier molecular flexibility index (Phi) is 6.75. The highest BCUT2D eigenvalue weighted by atomic mass is 32.1. The summed E-state index contributed by atoms with van der Waals surface area (Å²) >= 11 is 1.87. The first-order valence-corrected chi connectivity index (χ1v) is 15.8. The third-order valence-corrected chi connectivity index (χ3v) is 9.48. The standard InChI is InChI=1S/C42H29NS/c1-4-11-30(12-5-1)33-19-24-36(25-20-33)43(37-26-21-34(22-27-37)31-13-6-2-7-14-31)40-18-10-17-39-38-28-23-35(29-41(38)44-42(39)40)32-15-8-3-9-16-32/h1-29H. The maximum atomic E-state index is 2.40. The molecule has 2 heteroatoms. The number of rotatable bonds is 6. The zero-order valence-corrected chi connectivity index (χ0v) is 24.9. The first kappa shape index (κ1) is 26.2. The van der Waals surface area contributed by atoms with Crippen molar-refractivity contribution >= 4 is 48.6 Å². The molecule has 0 atom stereocenters. The largest absolute Gasteiger partial charge is 0.309 e. The summed E-state index contributed by atoms with van der Waals surface area (Å²) in [4.78, 5) is 2.40. The van der Waals surface area contributed by atoms with Crippen molar-refractivity contribution in [1.82, 2.24) is 0 Å². The first-order valence-electron chi connectivity index (χ1n) is 14.9. The van der Waals surface area contributed by atoms with Gasteiger partial charge in [0.1, 0.15) is 0 Å². The van der Waals surface area contributed by atoms with E-state index in [4.69, 9.17) is 0 Å². The van der Waals surface area contributed by atoms with Crippen molar-refractivity contribution in [3.8, 4) is 33.4 Å². The summed E-state index contributed by atoms with van der Waals surface area (Å²) in [5.41, 5.74) is 10.8. The van der Waals surface area contributed by atoms with Gasteiger partial charge >= 0.3 is 0 Å². The normalized spacial score (nSPS) is 11.2. The van der Waals surface area contributed by atoms with Crippen LogP contribution in [-0.4, -0.2) is 0 Å². The molecule has 0 bridgehead atoms. The summed E-state index contributed by atoms with van der Waals surface area (Å²) in [5, 5.41) is 2.58. The van der Waals surface area contributed by atoms with Crippen LogP contribution in [0.25, 0.3) is 53.6 Å². The van der Waals surface area contributed by atoms with E-state index in [2.05, 4.69) is 181 Å². The molecule has 0 saturated heterocycles. The molecule has 8 rings (SSSR count). The van der Waals surface area contributed by atoms with E-state index in [1.54, 1.807) is 0 Å². The van der Waals surface area contributed by atoms with Crippen LogP contribution in [0, 0.1) is 0 Å². The van der Waals surface area contributed by atoms with Crippen LogP contribution in [0.1, 0.15) is 0 Å². The molecular weight excluding hydrogens is 551 g/mol. The molecular formula is C42H29NS. The van der Waals surface area contributed by atoms with Gasteiger partial charge < -0.3 is 4.90 Å². The van der Waals surface area contributed by atoms with Gasteiger partial charge in [-0.2, -0.15) is 0 Å².